The molecule has 628 valence electrons. The zero-order valence-electron chi connectivity index (χ0n) is 73.5. The Kier molecular flexibility index (Phi) is 26.4. The smallest absolute Gasteiger partial charge is 0.248 e. The number of hydrogen-bond acceptors (Lipinski definition) is 14. The SMILES string of the molecule is C.CC(C)(C)c1ccc(-c2nnc(-c3ccc(-c4ccccc4)cc3)o2)cc1.COc1ccc(-c2nnc(-c3ccc(OC)cc3)o2)cc1.[2H]B=N.[2H]P[B].c1ccc(-c2ccc(-c3cc(-c4cccnc4)c4ccc5c(-c6ccc(-c7ccccc7)cc6)cc(-c6cccnc6)c6ccc3c4c56)cc2)cc1.c1ccc2c(-c3nnc(-c4cccc5ccccc45)o3)cccc2c1. The summed E-state index contributed by atoms with van der Waals surface area (Å²) in [7, 11) is 8.13. The van der Waals surface area contributed by atoms with E-state index in [2.05, 4.69) is 299 Å². The Balaban J connectivity index is 0.000000135. The van der Waals surface area contributed by atoms with Crippen molar-refractivity contribution in [1.29, 1.82) is 7.93 Å². The van der Waals surface area contributed by atoms with Crippen LogP contribution in [0.25, 0.3) is 200 Å². The van der Waals surface area contributed by atoms with Crippen LogP contribution in [0.5, 0.6) is 11.5 Å². The number of rotatable bonds is 15. The van der Waals surface area contributed by atoms with Crippen molar-refractivity contribution in [3.8, 4) is 158 Å². The average molecular weight is 1710 g/mol. The molecule has 1 unspecified atom stereocenters. The molecule has 0 aliphatic rings. The minimum Gasteiger partial charge on any atom is -0.416 e. The number of benzene rings is 17. The number of nitrogens with zero attached hydrogens (tertiary/aromatic N) is 8. The first-order valence-corrected chi connectivity index (χ1v) is 42.6. The largest absolute Gasteiger partial charge is 0.416 e. The van der Waals surface area contributed by atoms with Gasteiger partial charge >= 0.3 is 14.3 Å². The van der Waals surface area contributed by atoms with Crippen LogP contribution in [0, 0.1) is 5.31 Å². The van der Waals surface area contributed by atoms with Gasteiger partial charge in [-0.3, -0.25) is 9.97 Å². The third-order valence-electron chi connectivity index (χ3n) is 22.7. The van der Waals surface area contributed by atoms with Gasteiger partial charge in [0.1, 0.15) is 11.5 Å². The van der Waals surface area contributed by atoms with Crippen LogP contribution in [-0.2, 0) is 5.41 Å². The van der Waals surface area contributed by atoms with Crippen LogP contribution in [-0.4, -0.2) is 72.6 Å². The van der Waals surface area contributed by atoms with Crippen LogP contribution >= 0.6 is 9.06 Å². The molecule has 0 saturated carbocycles. The molecule has 22 aromatic rings. The van der Waals surface area contributed by atoms with Crippen molar-refractivity contribution >= 4 is 78.1 Å². The first-order valence-electron chi connectivity index (χ1n) is 43.1. The summed E-state index contributed by atoms with van der Waals surface area (Å²) >= 11 is 0. The van der Waals surface area contributed by atoms with Gasteiger partial charge in [0, 0.05) is 70.6 Å². The number of pyridine rings is 2. The Morgan fingerprint density at radius 2 is 0.562 bits per heavy atom. The first-order chi connectivity index (χ1) is 64.3. The molecule has 17 heteroatoms. The van der Waals surface area contributed by atoms with Crippen LogP contribution in [0.4, 0.5) is 0 Å². The maximum absolute atomic E-state index is 6.05. The van der Waals surface area contributed by atoms with Crippen molar-refractivity contribution in [1.82, 2.24) is 40.6 Å². The maximum Gasteiger partial charge on any atom is 0.248 e. The third-order valence-corrected chi connectivity index (χ3v) is 22.7. The Morgan fingerprint density at radius 3 is 0.885 bits per heavy atom. The van der Waals surface area contributed by atoms with Crippen LogP contribution in [0.15, 0.2) is 420 Å². The number of fused-ring (bicyclic) bond motifs is 2. The normalized spacial score (nSPS) is 11.1. The van der Waals surface area contributed by atoms with Gasteiger partial charge in [0.15, 0.2) is 0 Å². The zero-order chi connectivity index (χ0) is 90.0. The number of nitrogens with one attached hydrogen (secondary N) is 1. The van der Waals surface area contributed by atoms with Gasteiger partial charge in [-0.15, -0.1) is 30.6 Å². The summed E-state index contributed by atoms with van der Waals surface area (Å²) in [5.41, 5.74) is 23.4. The fourth-order valence-corrected chi connectivity index (χ4v) is 16.1. The van der Waals surface area contributed by atoms with E-state index in [4.69, 9.17) is 30.7 Å². The molecule has 14 nitrogen and oxygen atoms in total. The van der Waals surface area contributed by atoms with Crippen LogP contribution in [0.2, 0.25) is 0 Å². The molecule has 5 aromatic heterocycles. The van der Waals surface area contributed by atoms with Gasteiger partial charge in [0.25, 0.3) is 0 Å². The van der Waals surface area contributed by atoms with E-state index in [1.807, 2.05) is 176 Å². The fraction of sp³-hybridized carbons (Fsp3) is 0.0619. The molecule has 0 spiro atoms. The van der Waals surface area contributed by atoms with E-state index < -0.39 is 0 Å². The van der Waals surface area contributed by atoms with Gasteiger partial charge in [-0.05, 0) is 241 Å². The van der Waals surface area contributed by atoms with Crippen molar-refractivity contribution in [2.75, 3.05) is 14.2 Å². The van der Waals surface area contributed by atoms with E-state index in [0.717, 1.165) is 83.1 Å². The second kappa shape index (κ2) is 40.5. The minimum atomic E-state index is -0.167. The van der Waals surface area contributed by atoms with E-state index >= 15 is 0 Å². The summed E-state index contributed by atoms with van der Waals surface area (Å²) < 4.78 is 39.7. The molecular weight excluding hydrogens is 1620 g/mol. The van der Waals surface area contributed by atoms with Crippen molar-refractivity contribution in [3.05, 3.63) is 413 Å². The molecule has 1 N–H and O–H groups in total. The van der Waals surface area contributed by atoms with Crippen LogP contribution in [0.3, 0.4) is 0 Å². The quantitative estimate of drug-likeness (QED) is 0.0581. The molecule has 5 heterocycles. The van der Waals surface area contributed by atoms with Crippen molar-refractivity contribution in [2.45, 2.75) is 33.6 Å². The van der Waals surface area contributed by atoms with Crippen LogP contribution in [0.1, 0.15) is 33.8 Å². The molecule has 2 radical (unpaired) electrons. The van der Waals surface area contributed by atoms with Crippen LogP contribution < -0.4 is 9.47 Å². The van der Waals surface area contributed by atoms with E-state index in [9.17, 15) is 0 Å². The summed E-state index contributed by atoms with van der Waals surface area (Å²) in [4.78, 5) is 9.09. The fourth-order valence-electron chi connectivity index (χ4n) is 16.1. The van der Waals surface area contributed by atoms with Gasteiger partial charge in [-0.25, -0.2) is 0 Å². The molecule has 130 heavy (non-hydrogen) atoms. The number of hydrogen-bond donors (Lipinski definition) is 1. The van der Waals surface area contributed by atoms with Gasteiger partial charge in [0.2, 0.25) is 35.3 Å². The molecule has 0 bridgehead atoms. The summed E-state index contributed by atoms with van der Waals surface area (Å²) in [5, 5.41) is 42.9. The zero-order valence-corrected chi connectivity index (χ0v) is 72.5. The summed E-state index contributed by atoms with van der Waals surface area (Å²) in [6.07, 6.45) is 7.65. The van der Waals surface area contributed by atoms with E-state index in [1.165, 1.54) is 99.1 Å². The van der Waals surface area contributed by atoms with Gasteiger partial charge < -0.3 is 22.7 Å². The standard InChI is InChI=1S/C50H32N2.C24H22N2O.C22H14N2O.C16H14N2O3.CH4.BH2N.BH2P/c1-3-9-33(10-4-1)35-15-19-37(20-16-35)45-29-47(39-13-7-27-51-31-39)43-26-24-42-46(38-21-17-36(18-22-38)34-11-5-2-6-12-34)30-48(40-14-8-28-52-32-40)44-25-23-41(45)49(43)50(42)44;1-24(2,3)21-15-13-20(14-16-21)23-26-25-22(27-23)19-11-9-18(10-12-19)17-7-5-4-6-8-17;1-3-11-17-15(7-1)9-5-13-19(17)21-23-24-22(25-21)20-14-6-10-16-8-2-4-12-18(16)20;1-19-13-7-3-11(4-8-13)15-17-18-16(21-15)12-5-9-14(20-2)10-6-12;;2*1-2/h1-32H;4-16H,1-3H3;1-14H;3-10H,1-2H3;1H4;1-2H;2H2/i;;;;;1D;2D. The van der Waals surface area contributed by atoms with Gasteiger partial charge in [-0.1, -0.05) is 301 Å². The molecule has 0 fully saturated rings. The predicted octanol–water partition coefficient (Wildman–Crippen LogP) is 29.1. The molecular formula is C113H90B2N9O5P. The van der Waals surface area contributed by atoms with Gasteiger partial charge in [-0.2, -0.15) is 9.06 Å². The second-order valence-corrected chi connectivity index (χ2v) is 31.4. The molecule has 0 saturated heterocycles. The molecule has 0 aliphatic carbocycles. The molecule has 0 aliphatic heterocycles. The van der Waals surface area contributed by atoms with Crippen molar-refractivity contribution in [3.63, 3.8) is 0 Å². The third kappa shape index (κ3) is 19.1. The summed E-state index contributed by atoms with van der Waals surface area (Å²) in [5.74, 6) is 4.68. The predicted molar refractivity (Wildman–Crippen MR) is 538 cm³/mol. The molecule has 0 amide bonds. The minimum absolute atomic E-state index is 0. The first kappa shape index (κ1) is 84.8. The maximum atomic E-state index is 6.05. The van der Waals surface area contributed by atoms with E-state index in [-0.39, 0.29) is 21.9 Å². The Bertz CT molecular complexity index is 7210. The second-order valence-electron chi connectivity index (χ2n) is 31.4. The van der Waals surface area contributed by atoms with E-state index in [0.29, 0.717) is 42.9 Å². The molecule has 22 rings (SSSR count). The Morgan fingerprint density at radius 1 is 0.300 bits per heavy atom. The Labute approximate surface area is 763 Å². The molecule has 17 aromatic carbocycles. The van der Waals surface area contributed by atoms with Crippen molar-refractivity contribution < 1.29 is 22.7 Å². The average Bonchev–Trinajstić information content (AvgIpc) is 0.765. The van der Waals surface area contributed by atoms with Gasteiger partial charge in [0.05, 0.1) is 21.8 Å². The summed E-state index contributed by atoms with van der Waals surface area (Å²) in [6, 6.07) is 132. The summed E-state index contributed by atoms with van der Waals surface area (Å²) in [6.45, 7) is 6.60. The van der Waals surface area contributed by atoms with Crippen molar-refractivity contribution in [2.24, 2.45) is 0 Å². The monoisotopic (exact) mass is 1710 g/mol. The number of methoxy groups -OCH3 is 2. The van der Waals surface area contributed by atoms with E-state index in [1.54, 1.807) is 14.2 Å². The number of aromatic nitrogens is 8. The Hall–Kier alpha value is -16.0. The number of ether oxygens (including phenoxy) is 2. The molecule has 1 atom stereocenters. The topological polar surface area (TPSA) is 185 Å².